The SMILES string of the molecule is CCN(CC1CC1)C(=O)NCc1ccc(N2CCC(O)CC2)c(F)c1. The van der Waals surface area contributed by atoms with Crippen LogP contribution in [0.3, 0.4) is 0 Å². The molecule has 1 aromatic carbocycles. The molecule has 138 valence electrons. The molecule has 0 radical (unpaired) electrons. The van der Waals surface area contributed by atoms with Crippen LogP contribution < -0.4 is 10.2 Å². The molecule has 0 unspecified atom stereocenters. The molecule has 1 aliphatic carbocycles. The molecule has 1 aliphatic heterocycles. The number of urea groups is 1. The fourth-order valence-electron chi connectivity index (χ4n) is 3.28. The number of benzene rings is 1. The molecule has 2 amide bonds. The highest BCUT2D eigenvalue weighted by Gasteiger charge is 2.26. The third kappa shape index (κ3) is 4.84. The van der Waals surface area contributed by atoms with Crippen molar-refractivity contribution in [2.45, 2.75) is 45.3 Å². The van der Waals surface area contributed by atoms with E-state index in [0.717, 1.165) is 12.1 Å². The van der Waals surface area contributed by atoms with Gasteiger partial charge in [0.1, 0.15) is 5.82 Å². The van der Waals surface area contributed by atoms with Crippen molar-refractivity contribution in [1.82, 2.24) is 10.2 Å². The number of hydrogen-bond donors (Lipinski definition) is 2. The first kappa shape index (κ1) is 18.0. The first-order valence-corrected chi connectivity index (χ1v) is 9.31. The summed E-state index contributed by atoms with van der Waals surface area (Å²) in [5, 5.41) is 12.5. The molecule has 3 rings (SSSR count). The summed E-state index contributed by atoms with van der Waals surface area (Å²) in [5.74, 6) is 0.388. The van der Waals surface area contributed by atoms with Gasteiger partial charge in [-0.05, 0) is 56.2 Å². The van der Waals surface area contributed by atoms with Crippen molar-refractivity contribution in [3.05, 3.63) is 29.6 Å². The van der Waals surface area contributed by atoms with E-state index in [1.165, 1.54) is 18.9 Å². The molecule has 25 heavy (non-hydrogen) atoms. The van der Waals surface area contributed by atoms with Gasteiger partial charge in [0.2, 0.25) is 0 Å². The monoisotopic (exact) mass is 349 g/mol. The van der Waals surface area contributed by atoms with Crippen LogP contribution in [0.5, 0.6) is 0 Å². The summed E-state index contributed by atoms with van der Waals surface area (Å²) in [7, 11) is 0. The van der Waals surface area contributed by atoms with Gasteiger partial charge in [-0.2, -0.15) is 0 Å². The molecule has 2 N–H and O–H groups in total. The minimum atomic E-state index is -0.272. The maximum absolute atomic E-state index is 14.4. The number of halogens is 1. The van der Waals surface area contributed by atoms with Gasteiger partial charge in [-0.15, -0.1) is 0 Å². The number of aliphatic hydroxyl groups is 1. The van der Waals surface area contributed by atoms with Crippen LogP contribution in [0, 0.1) is 11.7 Å². The van der Waals surface area contributed by atoms with Gasteiger partial charge in [0.15, 0.2) is 0 Å². The number of aliphatic hydroxyl groups excluding tert-OH is 1. The van der Waals surface area contributed by atoms with Crippen molar-refractivity contribution in [1.29, 1.82) is 0 Å². The first-order valence-electron chi connectivity index (χ1n) is 9.31. The smallest absolute Gasteiger partial charge is 0.317 e. The highest BCUT2D eigenvalue weighted by molar-refractivity contribution is 5.74. The number of amides is 2. The number of nitrogens with zero attached hydrogens (tertiary/aromatic N) is 2. The zero-order valence-electron chi connectivity index (χ0n) is 14.9. The number of nitrogens with one attached hydrogen (secondary N) is 1. The largest absolute Gasteiger partial charge is 0.393 e. The van der Waals surface area contributed by atoms with Crippen LogP contribution in [0.1, 0.15) is 38.2 Å². The summed E-state index contributed by atoms with van der Waals surface area (Å²) in [6.07, 6.45) is 3.50. The van der Waals surface area contributed by atoms with Crippen molar-refractivity contribution in [3.63, 3.8) is 0 Å². The number of piperidine rings is 1. The van der Waals surface area contributed by atoms with Crippen LogP contribution in [-0.2, 0) is 6.54 Å². The Balaban J connectivity index is 1.54. The molecule has 1 aromatic rings. The minimum absolute atomic E-state index is 0.0797. The Hall–Kier alpha value is -1.82. The van der Waals surface area contributed by atoms with E-state index in [0.29, 0.717) is 50.6 Å². The second kappa shape index (κ2) is 8.04. The Bertz CT molecular complexity index is 598. The number of hydrogen-bond acceptors (Lipinski definition) is 3. The summed E-state index contributed by atoms with van der Waals surface area (Å²) >= 11 is 0. The van der Waals surface area contributed by atoms with Crippen LogP contribution in [0.2, 0.25) is 0 Å². The number of anilines is 1. The first-order chi connectivity index (χ1) is 12.1. The van der Waals surface area contributed by atoms with Crippen LogP contribution in [-0.4, -0.2) is 48.3 Å². The van der Waals surface area contributed by atoms with Crippen LogP contribution in [0.15, 0.2) is 18.2 Å². The molecule has 6 heteroatoms. The highest BCUT2D eigenvalue weighted by Crippen LogP contribution is 2.29. The second-order valence-corrected chi connectivity index (χ2v) is 7.14. The predicted molar refractivity (Wildman–Crippen MR) is 96.1 cm³/mol. The lowest BCUT2D eigenvalue weighted by molar-refractivity contribution is 0.145. The molecular formula is C19H28FN3O2. The standard InChI is InChI=1S/C19H28FN3O2/c1-2-22(13-14-3-4-14)19(25)21-12-15-5-6-18(17(20)11-15)23-9-7-16(24)8-10-23/h5-6,11,14,16,24H,2-4,7-10,12-13H2,1H3,(H,21,25). The van der Waals surface area contributed by atoms with E-state index in [-0.39, 0.29) is 18.0 Å². The Morgan fingerprint density at radius 3 is 2.64 bits per heavy atom. The van der Waals surface area contributed by atoms with Gasteiger partial charge in [-0.3, -0.25) is 0 Å². The van der Waals surface area contributed by atoms with E-state index in [1.807, 2.05) is 22.8 Å². The van der Waals surface area contributed by atoms with Gasteiger partial charge < -0.3 is 20.2 Å². The van der Waals surface area contributed by atoms with E-state index in [9.17, 15) is 14.3 Å². The Morgan fingerprint density at radius 1 is 1.32 bits per heavy atom. The average molecular weight is 349 g/mol. The fraction of sp³-hybridized carbons (Fsp3) is 0.632. The lowest BCUT2D eigenvalue weighted by Gasteiger charge is -2.31. The van der Waals surface area contributed by atoms with Crippen molar-refractivity contribution in [2.75, 3.05) is 31.1 Å². The molecular weight excluding hydrogens is 321 g/mol. The van der Waals surface area contributed by atoms with Crippen LogP contribution >= 0.6 is 0 Å². The van der Waals surface area contributed by atoms with Crippen molar-refractivity contribution in [2.24, 2.45) is 5.92 Å². The second-order valence-electron chi connectivity index (χ2n) is 7.14. The maximum Gasteiger partial charge on any atom is 0.317 e. The lowest BCUT2D eigenvalue weighted by Crippen LogP contribution is -2.40. The fourth-order valence-corrected chi connectivity index (χ4v) is 3.28. The number of carbonyl (C=O) groups is 1. The third-order valence-corrected chi connectivity index (χ3v) is 5.11. The van der Waals surface area contributed by atoms with Gasteiger partial charge >= 0.3 is 6.03 Å². The summed E-state index contributed by atoms with van der Waals surface area (Å²) in [5.41, 5.74) is 1.33. The molecule has 0 atom stereocenters. The summed E-state index contributed by atoms with van der Waals surface area (Å²) in [6.45, 7) is 5.15. The third-order valence-electron chi connectivity index (χ3n) is 5.11. The zero-order valence-corrected chi connectivity index (χ0v) is 14.9. The summed E-state index contributed by atoms with van der Waals surface area (Å²) < 4.78 is 14.4. The Kier molecular flexibility index (Phi) is 5.78. The van der Waals surface area contributed by atoms with E-state index >= 15 is 0 Å². The van der Waals surface area contributed by atoms with E-state index in [1.54, 1.807) is 6.07 Å². The number of rotatable bonds is 6. The summed E-state index contributed by atoms with van der Waals surface area (Å²) in [6, 6.07) is 5.05. The predicted octanol–water partition coefficient (Wildman–Crippen LogP) is 2.73. The van der Waals surface area contributed by atoms with Crippen molar-refractivity contribution >= 4 is 11.7 Å². The van der Waals surface area contributed by atoms with Gasteiger partial charge in [-0.25, -0.2) is 9.18 Å². The van der Waals surface area contributed by atoms with Crippen molar-refractivity contribution in [3.8, 4) is 0 Å². The van der Waals surface area contributed by atoms with Crippen LogP contribution in [0.25, 0.3) is 0 Å². The van der Waals surface area contributed by atoms with Gasteiger partial charge in [-0.1, -0.05) is 6.07 Å². The molecule has 0 bridgehead atoms. The molecule has 0 aromatic heterocycles. The van der Waals surface area contributed by atoms with E-state index in [4.69, 9.17) is 0 Å². The minimum Gasteiger partial charge on any atom is -0.393 e. The zero-order chi connectivity index (χ0) is 17.8. The molecule has 1 saturated carbocycles. The van der Waals surface area contributed by atoms with E-state index < -0.39 is 0 Å². The normalized spacial score (nSPS) is 18.3. The lowest BCUT2D eigenvalue weighted by atomic mass is 10.1. The Morgan fingerprint density at radius 2 is 2.04 bits per heavy atom. The van der Waals surface area contributed by atoms with Gasteiger partial charge in [0.25, 0.3) is 0 Å². The molecule has 2 aliphatic rings. The van der Waals surface area contributed by atoms with Crippen LogP contribution in [0.4, 0.5) is 14.9 Å². The number of carbonyl (C=O) groups excluding carboxylic acids is 1. The molecule has 1 saturated heterocycles. The maximum atomic E-state index is 14.4. The summed E-state index contributed by atoms with van der Waals surface area (Å²) in [4.78, 5) is 16.0. The highest BCUT2D eigenvalue weighted by atomic mass is 19.1. The average Bonchev–Trinajstić information content (AvgIpc) is 3.43. The topological polar surface area (TPSA) is 55.8 Å². The van der Waals surface area contributed by atoms with Gasteiger partial charge in [0, 0.05) is 32.7 Å². The molecule has 0 spiro atoms. The van der Waals surface area contributed by atoms with Gasteiger partial charge in [0.05, 0.1) is 11.8 Å². The van der Waals surface area contributed by atoms with Crippen molar-refractivity contribution < 1.29 is 14.3 Å². The molecule has 1 heterocycles. The van der Waals surface area contributed by atoms with E-state index in [2.05, 4.69) is 5.32 Å². The Labute approximate surface area is 148 Å². The molecule has 5 nitrogen and oxygen atoms in total. The molecule has 2 fully saturated rings. The quantitative estimate of drug-likeness (QED) is 0.830.